The van der Waals surface area contributed by atoms with Gasteiger partial charge in [0.05, 0.1) is 26.5 Å². The molecule has 0 radical (unpaired) electrons. The van der Waals surface area contributed by atoms with Gasteiger partial charge in [0.25, 0.3) is 0 Å². The predicted octanol–water partition coefficient (Wildman–Crippen LogP) is 3.19. The zero-order valence-corrected chi connectivity index (χ0v) is 16.2. The molecule has 0 atom stereocenters. The van der Waals surface area contributed by atoms with E-state index >= 15 is 0 Å². The van der Waals surface area contributed by atoms with Gasteiger partial charge in [-0.15, -0.1) is 0 Å². The van der Waals surface area contributed by atoms with Crippen molar-refractivity contribution in [2.45, 2.75) is 26.3 Å². The first-order chi connectivity index (χ1) is 13.5. The van der Waals surface area contributed by atoms with Crippen molar-refractivity contribution >= 4 is 23.2 Å². The smallest absolute Gasteiger partial charge is 0.243 e. The number of benzene rings is 2. The molecule has 0 saturated heterocycles. The zero-order valence-electron chi connectivity index (χ0n) is 16.2. The largest absolute Gasteiger partial charge is 0.493 e. The van der Waals surface area contributed by atoms with E-state index in [4.69, 9.17) is 9.47 Å². The van der Waals surface area contributed by atoms with Gasteiger partial charge in [-0.1, -0.05) is 12.1 Å². The molecule has 0 aliphatic carbocycles. The molecule has 1 heterocycles. The Morgan fingerprint density at radius 2 is 1.79 bits per heavy atom. The van der Waals surface area contributed by atoms with Gasteiger partial charge >= 0.3 is 0 Å². The fraction of sp³-hybridized carbons (Fsp3) is 0.286. The lowest BCUT2D eigenvalue weighted by atomic mass is 10.0. The second-order valence-corrected chi connectivity index (χ2v) is 6.45. The van der Waals surface area contributed by atoms with E-state index in [0.717, 1.165) is 22.5 Å². The van der Waals surface area contributed by atoms with Crippen LogP contribution in [0.2, 0.25) is 0 Å². The molecule has 2 aromatic carbocycles. The van der Waals surface area contributed by atoms with Gasteiger partial charge in [0.15, 0.2) is 11.5 Å². The summed E-state index contributed by atoms with van der Waals surface area (Å²) < 4.78 is 10.6. The van der Waals surface area contributed by atoms with Crippen molar-refractivity contribution in [3.63, 3.8) is 0 Å². The fourth-order valence-corrected chi connectivity index (χ4v) is 3.02. The molecule has 1 aliphatic heterocycles. The van der Waals surface area contributed by atoms with Crippen LogP contribution in [0, 0.1) is 0 Å². The maximum atomic E-state index is 12.3. The number of rotatable bonds is 6. The van der Waals surface area contributed by atoms with Gasteiger partial charge in [-0.3, -0.25) is 9.59 Å². The number of amides is 2. The number of ether oxygens (including phenoxy) is 2. The Morgan fingerprint density at radius 1 is 1.07 bits per heavy atom. The highest BCUT2D eigenvalue weighted by Gasteiger charge is 2.22. The quantitative estimate of drug-likeness (QED) is 0.833. The molecule has 146 valence electrons. The van der Waals surface area contributed by atoms with Crippen LogP contribution >= 0.6 is 0 Å². The predicted molar refractivity (Wildman–Crippen MR) is 107 cm³/mol. The third-order valence-electron chi connectivity index (χ3n) is 4.43. The van der Waals surface area contributed by atoms with E-state index in [1.165, 1.54) is 11.9 Å². The minimum absolute atomic E-state index is 0.0184. The summed E-state index contributed by atoms with van der Waals surface area (Å²) in [7, 11) is 3.18. The lowest BCUT2D eigenvalue weighted by Gasteiger charge is -2.24. The maximum Gasteiger partial charge on any atom is 0.243 e. The third kappa shape index (κ3) is 4.49. The molecule has 1 aliphatic rings. The monoisotopic (exact) mass is 381 g/mol. The average Bonchev–Trinajstić information content (AvgIpc) is 2.70. The Labute approximate surface area is 163 Å². The van der Waals surface area contributed by atoms with E-state index < -0.39 is 0 Å². The number of carbonyl (C=O) groups is 2. The highest BCUT2D eigenvalue weighted by Crippen LogP contribution is 2.29. The van der Waals surface area contributed by atoms with Gasteiger partial charge in [-0.2, -0.15) is 5.10 Å². The van der Waals surface area contributed by atoms with Crippen LogP contribution in [0.3, 0.4) is 0 Å². The molecule has 0 fully saturated rings. The summed E-state index contributed by atoms with van der Waals surface area (Å²) in [5.74, 6) is 1.13. The van der Waals surface area contributed by atoms with Crippen LogP contribution in [0.5, 0.6) is 11.5 Å². The number of hydrogen-bond acceptors (Lipinski definition) is 5. The summed E-state index contributed by atoms with van der Waals surface area (Å²) in [6.07, 6.45) is 0.976. The first kappa shape index (κ1) is 19.4. The van der Waals surface area contributed by atoms with Crippen LogP contribution in [-0.2, 0) is 16.1 Å². The van der Waals surface area contributed by atoms with Gasteiger partial charge < -0.3 is 14.8 Å². The molecular weight excluding hydrogens is 358 g/mol. The van der Waals surface area contributed by atoms with Crippen LogP contribution in [-0.4, -0.2) is 36.8 Å². The second-order valence-electron chi connectivity index (χ2n) is 6.45. The first-order valence-electron chi connectivity index (χ1n) is 8.97. The molecule has 7 nitrogen and oxygen atoms in total. The van der Waals surface area contributed by atoms with E-state index in [2.05, 4.69) is 10.4 Å². The first-order valence-corrected chi connectivity index (χ1v) is 8.97. The van der Waals surface area contributed by atoms with Crippen molar-refractivity contribution in [1.82, 2.24) is 5.01 Å². The van der Waals surface area contributed by atoms with Crippen molar-refractivity contribution in [2.75, 3.05) is 19.5 Å². The standard InChI is InChI=1S/C21H23N3O4/c1-14(25)22-17-7-4-15(5-8-17)13-24-21(26)11-9-18(23-24)16-6-10-19(27-2)20(12-16)28-3/h4-8,10,12H,9,11,13H2,1-3H3,(H,22,25). The molecule has 0 aromatic heterocycles. The summed E-state index contributed by atoms with van der Waals surface area (Å²) in [6, 6.07) is 13.0. The molecule has 0 unspecified atom stereocenters. The number of hydrogen-bond donors (Lipinski definition) is 1. The Balaban J connectivity index is 1.79. The van der Waals surface area contributed by atoms with Crippen molar-refractivity contribution in [3.05, 3.63) is 53.6 Å². The molecule has 0 spiro atoms. The van der Waals surface area contributed by atoms with Gasteiger partial charge in [0.2, 0.25) is 11.8 Å². The summed E-state index contributed by atoms with van der Waals surface area (Å²) in [6.45, 7) is 1.83. The SMILES string of the molecule is COc1ccc(C2=NN(Cc3ccc(NC(C)=O)cc3)C(=O)CC2)cc1OC. The van der Waals surface area contributed by atoms with Gasteiger partial charge in [0, 0.05) is 31.0 Å². The average molecular weight is 381 g/mol. The topological polar surface area (TPSA) is 80.2 Å². The minimum Gasteiger partial charge on any atom is -0.493 e. The highest BCUT2D eigenvalue weighted by atomic mass is 16.5. The van der Waals surface area contributed by atoms with E-state index in [0.29, 0.717) is 30.9 Å². The summed E-state index contributed by atoms with van der Waals surface area (Å²) in [5, 5.41) is 8.78. The molecule has 3 rings (SSSR count). The summed E-state index contributed by atoms with van der Waals surface area (Å²) in [4.78, 5) is 23.4. The molecule has 0 bridgehead atoms. The van der Waals surface area contributed by atoms with Gasteiger partial charge in [0.1, 0.15) is 0 Å². The normalized spacial score (nSPS) is 13.8. The number of nitrogens with one attached hydrogen (secondary N) is 1. The number of carbonyl (C=O) groups excluding carboxylic acids is 2. The fourth-order valence-electron chi connectivity index (χ4n) is 3.02. The highest BCUT2D eigenvalue weighted by molar-refractivity contribution is 6.04. The number of methoxy groups -OCH3 is 2. The van der Waals surface area contributed by atoms with Gasteiger partial charge in [-0.25, -0.2) is 5.01 Å². The lowest BCUT2D eigenvalue weighted by molar-refractivity contribution is -0.132. The summed E-state index contributed by atoms with van der Waals surface area (Å²) >= 11 is 0. The number of hydrazone groups is 1. The molecule has 1 N–H and O–H groups in total. The Hall–Kier alpha value is -3.35. The molecule has 2 amide bonds. The van der Waals surface area contributed by atoms with Crippen LogP contribution < -0.4 is 14.8 Å². The van der Waals surface area contributed by atoms with Crippen LogP contribution in [0.1, 0.15) is 30.9 Å². The molecular formula is C21H23N3O4. The van der Waals surface area contributed by atoms with Crippen molar-refractivity contribution in [1.29, 1.82) is 0 Å². The molecule has 7 heteroatoms. The number of anilines is 1. The summed E-state index contributed by atoms with van der Waals surface area (Å²) in [5.41, 5.74) is 3.38. The van der Waals surface area contributed by atoms with Crippen LogP contribution in [0.4, 0.5) is 5.69 Å². The second kappa shape index (κ2) is 8.56. The van der Waals surface area contributed by atoms with Gasteiger partial charge in [-0.05, 0) is 35.9 Å². The van der Waals surface area contributed by atoms with Crippen LogP contribution in [0.25, 0.3) is 0 Å². The third-order valence-corrected chi connectivity index (χ3v) is 4.43. The van der Waals surface area contributed by atoms with E-state index in [1.807, 2.05) is 42.5 Å². The minimum atomic E-state index is -0.122. The van der Waals surface area contributed by atoms with E-state index in [9.17, 15) is 9.59 Å². The van der Waals surface area contributed by atoms with Crippen LogP contribution in [0.15, 0.2) is 47.6 Å². The Bertz CT molecular complexity index is 906. The molecule has 28 heavy (non-hydrogen) atoms. The lowest BCUT2D eigenvalue weighted by Crippen LogP contribution is -2.31. The Morgan fingerprint density at radius 3 is 2.43 bits per heavy atom. The Kier molecular flexibility index (Phi) is 5.93. The van der Waals surface area contributed by atoms with Crippen molar-refractivity contribution in [3.8, 4) is 11.5 Å². The van der Waals surface area contributed by atoms with Crippen molar-refractivity contribution < 1.29 is 19.1 Å². The van der Waals surface area contributed by atoms with E-state index in [1.54, 1.807) is 14.2 Å². The number of nitrogens with zero attached hydrogens (tertiary/aromatic N) is 2. The maximum absolute atomic E-state index is 12.3. The van der Waals surface area contributed by atoms with E-state index in [-0.39, 0.29) is 11.8 Å². The zero-order chi connectivity index (χ0) is 20.1. The molecule has 2 aromatic rings. The molecule has 0 saturated carbocycles. The van der Waals surface area contributed by atoms with Crippen molar-refractivity contribution in [2.24, 2.45) is 5.10 Å².